The van der Waals surface area contributed by atoms with Crippen LogP contribution in [0, 0.1) is 15.5 Å². The molecule has 118 valence electrons. The van der Waals surface area contributed by atoms with Crippen LogP contribution in [0.1, 0.15) is 27.7 Å². The lowest BCUT2D eigenvalue weighted by Crippen LogP contribution is -2.43. The van der Waals surface area contributed by atoms with Crippen molar-refractivity contribution in [3.8, 4) is 0 Å². The molecule has 0 aromatic heterocycles. The molecular formula is C13H21N3O4S. The number of anilines is 1. The maximum atomic E-state index is 12.7. The van der Waals surface area contributed by atoms with Crippen LogP contribution in [0.3, 0.4) is 0 Å². The monoisotopic (exact) mass is 315 g/mol. The van der Waals surface area contributed by atoms with Gasteiger partial charge in [-0.3, -0.25) is 10.1 Å². The summed E-state index contributed by atoms with van der Waals surface area (Å²) in [7, 11) is -2.59. The van der Waals surface area contributed by atoms with Gasteiger partial charge in [-0.15, -0.1) is 0 Å². The average molecular weight is 315 g/mol. The van der Waals surface area contributed by atoms with Gasteiger partial charge in [-0.05, 0) is 24.5 Å². The molecule has 0 aliphatic heterocycles. The minimum atomic E-state index is -4.01. The number of nitrogen functional groups attached to an aromatic ring is 1. The van der Waals surface area contributed by atoms with Crippen molar-refractivity contribution in [2.24, 2.45) is 5.41 Å². The van der Waals surface area contributed by atoms with Crippen LogP contribution in [0.25, 0.3) is 0 Å². The molecule has 2 N–H and O–H groups in total. The predicted octanol–water partition coefficient (Wildman–Crippen LogP) is 2.23. The van der Waals surface area contributed by atoms with Gasteiger partial charge >= 0.3 is 5.69 Å². The third-order valence-corrected chi connectivity index (χ3v) is 5.63. The van der Waals surface area contributed by atoms with Crippen molar-refractivity contribution in [3.63, 3.8) is 0 Å². The Balaban J connectivity index is 3.46. The molecule has 1 aromatic rings. The van der Waals surface area contributed by atoms with Crippen molar-refractivity contribution in [3.05, 3.63) is 28.3 Å². The largest absolute Gasteiger partial charge is 0.393 e. The molecule has 0 aliphatic carbocycles. The molecule has 0 amide bonds. The fraction of sp³-hybridized carbons (Fsp3) is 0.538. The van der Waals surface area contributed by atoms with Gasteiger partial charge in [-0.1, -0.05) is 26.8 Å². The molecule has 1 aromatic carbocycles. The minimum absolute atomic E-state index is 0.169. The van der Waals surface area contributed by atoms with E-state index in [9.17, 15) is 18.5 Å². The molecule has 0 spiro atoms. The molecule has 0 radical (unpaired) electrons. The molecule has 0 fully saturated rings. The van der Waals surface area contributed by atoms with E-state index in [-0.39, 0.29) is 22.0 Å². The first-order valence-corrected chi connectivity index (χ1v) is 7.85. The summed E-state index contributed by atoms with van der Waals surface area (Å²) in [6.07, 6.45) is 0. The van der Waals surface area contributed by atoms with E-state index in [4.69, 9.17) is 5.73 Å². The highest BCUT2D eigenvalue weighted by molar-refractivity contribution is 7.89. The van der Waals surface area contributed by atoms with Crippen molar-refractivity contribution in [2.45, 2.75) is 38.6 Å². The molecule has 0 saturated heterocycles. The quantitative estimate of drug-likeness (QED) is 0.521. The van der Waals surface area contributed by atoms with Gasteiger partial charge in [0, 0.05) is 13.1 Å². The van der Waals surface area contributed by atoms with E-state index in [1.165, 1.54) is 25.2 Å². The Morgan fingerprint density at radius 2 is 1.86 bits per heavy atom. The second-order valence-corrected chi connectivity index (χ2v) is 7.98. The molecule has 0 heterocycles. The van der Waals surface area contributed by atoms with Crippen LogP contribution in [-0.2, 0) is 10.0 Å². The van der Waals surface area contributed by atoms with E-state index in [0.29, 0.717) is 0 Å². The zero-order chi connectivity index (χ0) is 16.6. The van der Waals surface area contributed by atoms with Crippen LogP contribution in [-0.4, -0.2) is 30.7 Å². The molecule has 7 nitrogen and oxygen atoms in total. The summed E-state index contributed by atoms with van der Waals surface area (Å²) in [5.41, 5.74) is 4.50. The first-order valence-electron chi connectivity index (χ1n) is 6.41. The van der Waals surface area contributed by atoms with Crippen molar-refractivity contribution in [1.82, 2.24) is 4.31 Å². The standard InChI is InChI=1S/C13H21N3O4S/c1-9(13(2,3)4)15(5)21(19,20)11-8-6-7-10(14)12(11)16(17)18/h6-9H,14H2,1-5H3. The summed E-state index contributed by atoms with van der Waals surface area (Å²) in [5.74, 6) is 0. The smallest absolute Gasteiger partial charge is 0.312 e. The van der Waals surface area contributed by atoms with Crippen molar-refractivity contribution >= 4 is 21.4 Å². The molecule has 21 heavy (non-hydrogen) atoms. The Morgan fingerprint density at radius 3 is 2.29 bits per heavy atom. The van der Waals surface area contributed by atoms with Crippen LogP contribution >= 0.6 is 0 Å². The van der Waals surface area contributed by atoms with Gasteiger partial charge in [0.15, 0.2) is 4.90 Å². The lowest BCUT2D eigenvalue weighted by Gasteiger charge is -2.34. The maximum absolute atomic E-state index is 12.7. The zero-order valence-electron chi connectivity index (χ0n) is 12.8. The number of nitro groups is 1. The van der Waals surface area contributed by atoms with Crippen molar-refractivity contribution < 1.29 is 13.3 Å². The van der Waals surface area contributed by atoms with Gasteiger partial charge in [-0.25, -0.2) is 8.42 Å². The number of benzene rings is 1. The lowest BCUT2D eigenvalue weighted by molar-refractivity contribution is -0.386. The third kappa shape index (κ3) is 3.33. The van der Waals surface area contributed by atoms with Crippen LogP contribution in [0.4, 0.5) is 11.4 Å². The number of sulfonamides is 1. The second kappa shape index (κ2) is 5.61. The van der Waals surface area contributed by atoms with Gasteiger partial charge in [0.1, 0.15) is 5.69 Å². The van der Waals surface area contributed by atoms with E-state index in [1.54, 1.807) is 6.92 Å². The Labute approximate surface area is 124 Å². The van der Waals surface area contributed by atoms with Gasteiger partial charge in [0.05, 0.1) is 4.92 Å². The van der Waals surface area contributed by atoms with Crippen LogP contribution in [0.5, 0.6) is 0 Å². The van der Waals surface area contributed by atoms with Gasteiger partial charge in [-0.2, -0.15) is 4.31 Å². The predicted molar refractivity (Wildman–Crippen MR) is 81.4 cm³/mol. The molecular weight excluding hydrogens is 294 g/mol. The Kier molecular flexibility index (Phi) is 4.64. The molecule has 1 atom stereocenters. The maximum Gasteiger partial charge on any atom is 0.312 e. The summed E-state index contributed by atoms with van der Waals surface area (Å²) in [5, 5.41) is 11.1. The number of nitrogens with zero attached hydrogens (tertiary/aromatic N) is 2. The van der Waals surface area contributed by atoms with Crippen molar-refractivity contribution in [1.29, 1.82) is 0 Å². The van der Waals surface area contributed by atoms with E-state index in [2.05, 4.69) is 0 Å². The zero-order valence-corrected chi connectivity index (χ0v) is 13.6. The fourth-order valence-corrected chi connectivity index (χ4v) is 3.58. The Hall–Kier alpha value is -1.67. The minimum Gasteiger partial charge on any atom is -0.393 e. The van der Waals surface area contributed by atoms with Crippen LogP contribution < -0.4 is 5.73 Å². The SMILES string of the molecule is CC(N(C)S(=O)(=O)c1cccc(N)c1[N+](=O)[O-])C(C)(C)C. The van der Waals surface area contributed by atoms with E-state index in [0.717, 1.165) is 4.31 Å². The van der Waals surface area contributed by atoms with Gasteiger partial charge in [0.2, 0.25) is 10.0 Å². The summed E-state index contributed by atoms with van der Waals surface area (Å²) in [4.78, 5) is 9.97. The second-order valence-electron chi connectivity index (χ2n) is 6.01. The first-order chi connectivity index (χ1) is 9.40. The van der Waals surface area contributed by atoms with Gasteiger partial charge in [0.25, 0.3) is 0 Å². The molecule has 1 rings (SSSR count). The van der Waals surface area contributed by atoms with E-state index in [1.807, 2.05) is 20.8 Å². The number of hydrogen-bond donors (Lipinski definition) is 1. The highest BCUT2D eigenvalue weighted by atomic mass is 32.2. The summed E-state index contributed by atoms with van der Waals surface area (Å²) >= 11 is 0. The lowest BCUT2D eigenvalue weighted by atomic mass is 9.88. The van der Waals surface area contributed by atoms with Crippen LogP contribution in [0.15, 0.2) is 23.1 Å². The fourth-order valence-electron chi connectivity index (χ4n) is 1.85. The van der Waals surface area contributed by atoms with Gasteiger partial charge < -0.3 is 5.73 Å². The highest BCUT2D eigenvalue weighted by Crippen LogP contribution is 2.34. The van der Waals surface area contributed by atoms with E-state index >= 15 is 0 Å². The molecule has 1 unspecified atom stereocenters. The highest BCUT2D eigenvalue weighted by Gasteiger charge is 2.36. The average Bonchev–Trinajstić information content (AvgIpc) is 2.34. The number of hydrogen-bond acceptors (Lipinski definition) is 5. The van der Waals surface area contributed by atoms with Crippen LogP contribution in [0.2, 0.25) is 0 Å². The normalized spacial score (nSPS) is 14.2. The molecule has 0 aliphatic rings. The number of nitro benzene ring substituents is 1. The first kappa shape index (κ1) is 17.4. The number of nitrogens with two attached hydrogens (primary N) is 1. The summed E-state index contributed by atoms with van der Waals surface area (Å²) in [6.45, 7) is 7.46. The summed E-state index contributed by atoms with van der Waals surface area (Å²) < 4.78 is 26.5. The number of rotatable bonds is 4. The Bertz CT molecular complexity index is 650. The Morgan fingerprint density at radius 1 is 1.33 bits per heavy atom. The van der Waals surface area contributed by atoms with E-state index < -0.39 is 20.6 Å². The molecule has 8 heteroatoms. The summed E-state index contributed by atoms with van der Waals surface area (Å²) in [6, 6.07) is 3.56. The van der Waals surface area contributed by atoms with Crippen molar-refractivity contribution in [2.75, 3.05) is 12.8 Å². The molecule has 0 bridgehead atoms. The third-order valence-electron chi connectivity index (χ3n) is 3.67. The molecule has 0 saturated carbocycles. The number of para-hydroxylation sites is 1. The topological polar surface area (TPSA) is 107 Å².